The van der Waals surface area contributed by atoms with Gasteiger partial charge in [0, 0.05) is 61.4 Å². The quantitative estimate of drug-likeness (QED) is 0.131. The summed E-state index contributed by atoms with van der Waals surface area (Å²) in [6.07, 6.45) is 8.05. The molecule has 0 unspecified atom stereocenters. The van der Waals surface area contributed by atoms with Gasteiger partial charge in [-0.1, -0.05) is 36.9 Å². The molecule has 41 heavy (non-hydrogen) atoms. The van der Waals surface area contributed by atoms with Crippen LogP contribution in [0.15, 0.2) is 83.2 Å². The zero-order valence-corrected chi connectivity index (χ0v) is 23.9. The monoisotopic (exact) mass is 557 g/mol. The Bertz CT molecular complexity index is 1430. The molecule has 1 amide bonds. The van der Waals surface area contributed by atoms with E-state index in [9.17, 15) is 9.59 Å². The van der Waals surface area contributed by atoms with E-state index < -0.39 is 0 Å². The van der Waals surface area contributed by atoms with E-state index in [4.69, 9.17) is 19.6 Å². The minimum Gasteiger partial charge on any atom is -0.488 e. The molecule has 8 nitrogen and oxygen atoms in total. The van der Waals surface area contributed by atoms with Crippen LogP contribution in [0.3, 0.4) is 0 Å². The van der Waals surface area contributed by atoms with E-state index in [1.165, 1.54) is 0 Å². The number of fused-ring (bicyclic) bond motifs is 1. The molecule has 0 bridgehead atoms. The Labute approximate surface area is 241 Å². The first-order valence-electron chi connectivity index (χ1n) is 14.0. The highest BCUT2D eigenvalue weighted by molar-refractivity contribution is 5.89. The highest BCUT2D eigenvalue weighted by atomic mass is 16.5. The smallest absolute Gasteiger partial charge is 0.310 e. The minimum absolute atomic E-state index is 0.0757. The molecule has 8 heteroatoms. The summed E-state index contributed by atoms with van der Waals surface area (Å²) in [5.41, 5.74) is 12.6. The number of furan rings is 1. The van der Waals surface area contributed by atoms with Gasteiger partial charge in [0.25, 0.3) is 0 Å². The number of ether oxygens (including phenoxy) is 2. The Kier molecular flexibility index (Phi) is 10.5. The summed E-state index contributed by atoms with van der Waals surface area (Å²) in [7, 11) is 0. The summed E-state index contributed by atoms with van der Waals surface area (Å²) in [5, 5.41) is 0.965. The predicted molar refractivity (Wildman–Crippen MR) is 161 cm³/mol. The van der Waals surface area contributed by atoms with Crippen LogP contribution in [-0.4, -0.2) is 55.0 Å². The molecule has 2 aromatic carbocycles. The highest BCUT2D eigenvalue weighted by Gasteiger charge is 2.20. The summed E-state index contributed by atoms with van der Waals surface area (Å²) in [6.45, 7) is 12.3. The van der Waals surface area contributed by atoms with Gasteiger partial charge in [-0.3, -0.25) is 14.5 Å². The number of amides is 1. The van der Waals surface area contributed by atoms with E-state index in [1.807, 2.05) is 31.2 Å². The summed E-state index contributed by atoms with van der Waals surface area (Å²) >= 11 is 0. The molecular formula is C33H39N3O5. The molecule has 0 atom stereocenters. The van der Waals surface area contributed by atoms with Crippen molar-refractivity contribution in [3.63, 3.8) is 0 Å². The number of nitrogens with zero attached hydrogens (tertiary/aromatic N) is 2. The van der Waals surface area contributed by atoms with Crippen LogP contribution < -0.4 is 5.73 Å². The van der Waals surface area contributed by atoms with Crippen molar-refractivity contribution in [1.29, 1.82) is 0 Å². The number of hydrogen-bond donors (Lipinski definition) is 1. The lowest BCUT2D eigenvalue weighted by atomic mass is 9.97. The molecule has 0 spiro atoms. The van der Waals surface area contributed by atoms with Crippen LogP contribution in [0.5, 0.6) is 0 Å². The normalized spacial score (nSPS) is 14.8. The van der Waals surface area contributed by atoms with Gasteiger partial charge < -0.3 is 24.5 Å². The molecule has 0 saturated carbocycles. The molecule has 0 aliphatic carbocycles. The Balaban J connectivity index is 1.69. The van der Waals surface area contributed by atoms with E-state index >= 15 is 0 Å². The Morgan fingerprint density at radius 2 is 1.90 bits per heavy atom. The molecule has 1 aliphatic heterocycles. The topological polar surface area (TPSA) is 98.2 Å². The standard InChI is InChI=1S/C33H39N3O5/c1-4-8-31(25(5-2)18-32(38)39-6-3)40-21-29-22-41-33-28(20-35-11-13-36(23-37)14-12-35)16-27(17-30(29)33)26-10-7-9-24(15-26)19-34/h4-5,7-10,15-17,22-23H,2,6,11-14,18-21,34H2,1,3H3/b8-4-,31-25-. The van der Waals surface area contributed by atoms with Crippen molar-refractivity contribution in [3.05, 3.63) is 95.5 Å². The van der Waals surface area contributed by atoms with Crippen LogP contribution in [0.25, 0.3) is 22.1 Å². The highest BCUT2D eigenvalue weighted by Crippen LogP contribution is 2.33. The number of esters is 1. The van der Waals surface area contributed by atoms with Crippen molar-refractivity contribution in [2.45, 2.75) is 40.0 Å². The Morgan fingerprint density at radius 3 is 2.59 bits per heavy atom. The third-order valence-electron chi connectivity index (χ3n) is 7.18. The number of carbonyl (C=O) groups is 2. The van der Waals surface area contributed by atoms with Gasteiger partial charge in [-0.05, 0) is 54.8 Å². The number of hydrogen-bond acceptors (Lipinski definition) is 7. The zero-order chi connectivity index (χ0) is 29.2. The number of nitrogens with two attached hydrogens (primary N) is 1. The average Bonchev–Trinajstić information content (AvgIpc) is 3.42. The van der Waals surface area contributed by atoms with E-state index in [2.05, 4.69) is 35.7 Å². The number of benzene rings is 2. The lowest BCUT2D eigenvalue weighted by molar-refractivity contribution is -0.142. The van der Waals surface area contributed by atoms with Crippen LogP contribution in [0.2, 0.25) is 0 Å². The molecule has 4 rings (SSSR count). The van der Waals surface area contributed by atoms with E-state index in [0.717, 1.165) is 58.3 Å². The summed E-state index contributed by atoms with van der Waals surface area (Å²) in [5.74, 6) is 0.231. The fourth-order valence-electron chi connectivity index (χ4n) is 4.98. The Morgan fingerprint density at radius 1 is 1.10 bits per heavy atom. The van der Waals surface area contributed by atoms with Crippen LogP contribution in [-0.2, 0) is 38.8 Å². The largest absolute Gasteiger partial charge is 0.488 e. The van der Waals surface area contributed by atoms with Crippen molar-refractivity contribution in [2.75, 3.05) is 32.8 Å². The third kappa shape index (κ3) is 7.54. The van der Waals surface area contributed by atoms with Crippen LogP contribution in [0.1, 0.15) is 37.0 Å². The summed E-state index contributed by atoms with van der Waals surface area (Å²) in [4.78, 5) is 27.5. The number of carbonyl (C=O) groups excluding carboxylic acids is 2. The first kappa shape index (κ1) is 29.8. The molecular weight excluding hydrogens is 518 g/mol. The second-order valence-electron chi connectivity index (χ2n) is 9.96. The van der Waals surface area contributed by atoms with E-state index in [1.54, 1.807) is 24.2 Å². The fourth-order valence-corrected chi connectivity index (χ4v) is 4.98. The molecule has 3 aromatic rings. The number of rotatable bonds is 13. The maximum Gasteiger partial charge on any atom is 0.310 e. The van der Waals surface area contributed by atoms with Gasteiger partial charge in [-0.15, -0.1) is 0 Å². The zero-order valence-electron chi connectivity index (χ0n) is 23.9. The van der Waals surface area contributed by atoms with Gasteiger partial charge in [0.2, 0.25) is 6.41 Å². The number of piperazine rings is 1. The van der Waals surface area contributed by atoms with Crippen molar-refractivity contribution in [2.24, 2.45) is 5.73 Å². The molecule has 1 aromatic heterocycles. The lowest BCUT2D eigenvalue weighted by Crippen LogP contribution is -2.45. The van der Waals surface area contributed by atoms with Crippen molar-refractivity contribution < 1.29 is 23.5 Å². The van der Waals surface area contributed by atoms with Gasteiger partial charge >= 0.3 is 5.97 Å². The van der Waals surface area contributed by atoms with Gasteiger partial charge in [0.1, 0.15) is 17.9 Å². The first-order chi connectivity index (χ1) is 20.0. The van der Waals surface area contributed by atoms with Crippen LogP contribution >= 0.6 is 0 Å². The lowest BCUT2D eigenvalue weighted by Gasteiger charge is -2.32. The first-order valence-corrected chi connectivity index (χ1v) is 14.0. The molecule has 2 heterocycles. The van der Waals surface area contributed by atoms with Crippen molar-refractivity contribution in [3.8, 4) is 11.1 Å². The molecule has 1 saturated heterocycles. The minimum atomic E-state index is -0.329. The molecule has 1 fully saturated rings. The van der Waals surface area contributed by atoms with Gasteiger partial charge in [-0.2, -0.15) is 0 Å². The van der Waals surface area contributed by atoms with Crippen LogP contribution in [0.4, 0.5) is 0 Å². The molecule has 2 N–H and O–H groups in total. The summed E-state index contributed by atoms with van der Waals surface area (Å²) in [6, 6.07) is 12.6. The second kappa shape index (κ2) is 14.5. The fraction of sp³-hybridized carbons (Fsp3) is 0.333. The third-order valence-corrected chi connectivity index (χ3v) is 7.18. The molecule has 1 aliphatic rings. The van der Waals surface area contributed by atoms with Crippen molar-refractivity contribution in [1.82, 2.24) is 9.80 Å². The maximum atomic E-state index is 12.2. The SMILES string of the molecule is C=C/C(CC(=O)OCC)=C(\C=C/C)OCc1coc2c(CN3CCN(C=O)CC3)cc(-c3cccc(CN)c3)cc12. The second-order valence-corrected chi connectivity index (χ2v) is 9.96. The predicted octanol–water partition coefficient (Wildman–Crippen LogP) is 5.32. The van der Waals surface area contributed by atoms with E-state index in [0.29, 0.717) is 44.1 Å². The summed E-state index contributed by atoms with van der Waals surface area (Å²) < 4.78 is 17.5. The number of allylic oxidation sites excluding steroid dienone is 3. The Hall–Kier alpha value is -4.14. The molecule has 216 valence electrons. The van der Waals surface area contributed by atoms with Crippen molar-refractivity contribution >= 4 is 23.3 Å². The maximum absolute atomic E-state index is 12.2. The molecule has 0 radical (unpaired) electrons. The van der Waals surface area contributed by atoms with E-state index in [-0.39, 0.29) is 19.0 Å². The van der Waals surface area contributed by atoms with Gasteiger partial charge in [0.15, 0.2) is 0 Å². The van der Waals surface area contributed by atoms with Gasteiger partial charge in [0.05, 0.1) is 19.3 Å². The van der Waals surface area contributed by atoms with Gasteiger partial charge in [-0.25, -0.2) is 0 Å². The average molecular weight is 558 g/mol. The van der Waals surface area contributed by atoms with Crippen LogP contribution in [0, 0.1) is 0 Å².